The number of benzene rings is 2. The highest BCUT2D eigenvalue weighted by Gasteiger charge is 2.23. The van der Waals surface area contributed by atoms with Crippen molar-refractivity contribution in [1.29, 1.82) is 0 Å². The molecule has 2 heterocycles. The van der Waals surface area contributed by atoms with E-state index in [1.807, 2.05) is 37.3 Å². The summed E-state index contributed by atoms with van der Waals surface area (Å²) >= 11 is 6.02. The predicted octanol–water partition coefficient (Wildman–Crippen LogP) is 5.68. The molecule has 2 aromatic carbocycles. The van der Waals surface area contributed by atoms with Crippen molar-refractivity contribution < 1.29 is 4.92 Å². The van der Waals surface area contributed by atoms with Crippen molar-refractivity contribution in [3.8, 4) is 33.9 Å². The third-order valence-corrected chi connectivity index (χ3v) is 4.73. The van der Waals surface area contributed by atoms with Gasteiger partial charge < -0.3 is 4.98 Å². The Bertz CT molecular complexity index is 1160. The van der Waals surface area contributed by atoms with Gasteiger partial charge in [-0.15, -0.1) is 0 Å². The fraction of sp³-hybridized carbons (Fsp3) is 0.0476. The van der Waals surface area contributed by atoms with Crippen LogP contribution in [0.4, 0.5) is 5.69 Å². The number of hydrogen-bond donors (Lipinski definition) is 1. The van der Waals surface area contributed by atoms with Crippen LogP contribution in [0.15, 0.2) is 67.0 Å². The summed E-state index contributed by atoms with van der Waals surface area (Å²) in [4.78, 5) is 23.3. The van der Waals surface area contributed by atoms with Crippen LogP contribution in [0.5, 0.6) is 0 Å². The van der Waals surface area contributed by atoms with E-state index < -0.39 is 0 Å². The molecule has 1 N–H and O–H groups in total. The molecule has 0 aliphatic rings. The lowest BCUT2D eigenvalue weighted by Gasteiger charge is -2.03. The molecular weight excluding hydrogens is 376 g/mol. The van der Waals surface area contributed by atoms with Crippen LogP contribution >= 0.6 is 11.6 Å². The highest BCUT2D eigenvalue weighted by Crippen LogP contribution is 2.37. The Hall–Kier alpha value is -3.51. The topological polar surface area (TPSA) is 84.7 Å². The van der Waals surface area contributed by atoms with E-state index in [1.54, 1.807) is 30.6 Å². The summed E-state index contributed by atoms with van der Waals surface area (Å²) in [6.07, 6.45) is 3.38. The first-order valence-corrected chi connectivity index (χ1v) is 8.93. The number of H-pyrrole nitrogens is 1. The van der Waals surface area contributed by atoms with Crippen LogP contribution < -0.4 is 0 Å². The van der Waals surface area contributed by atoms with Gasteiger partial charge in [0.1, 0.15) is 5.82 Å². The monoisotopic (exact) mass is 390 g/mol. The summed E-state index contributed by atoms with van der Waals surface area (Å²) in [5.41, 5.74) is 4.45. The maximum Gasteiger partial charge on any atom is 0.280 e. The standard InChI is InChI=1S/C21H15ClN4O2/c1-13-3-2-4-17(26(27)28)18(13)21-24-19(14-5-7-16(22)8-6-14)20(25-21)15-9-11-23-12-10-15/h2-12H,1H3,(H,24,25). The Morgan fingerprint density at radius 1 is 1.00 bits per heavy atom. The van der Waals surface area contributed by atoms with Crippen molar-refractivity contribution in [1.82, 2.24) is 15.0 Å². The van der Waals surface area contributed by atoms with Gasteiger partial charge >= 0.3 is 0 Å². The zero-order valence-corrected chi connectivity index (χ0v) is 15.6. The Morgan fingerprint density at radius 3 is 2.39 bits per heavy atom. The van der Waals surface area contributed by atoms with Crippen LogP contribution in [0, 0.1) is 17.0 Å². The number of pyridine rings is 1. The van der Waals surface area contributed by atoms with Crippen LogP contribution in [0.25, 0.3) is 33.9 Å². The summed E-state index contributed by atoms with van der Waals surface area (Å²) < 4.78 is 0. The molecule has 7 heteroatoms. The quantitative estimate of drug-likeness (QED) is 0.359. The van der Waals surface area contributed by atoms with Gasteiger partial charge in [0.05, 0.1) is 21.9 Å². The maximum atomic E-state index is 11.6. The van der Waals surface area contributed by atoms with E-state index in [2.05, 4.69) is 9.97 Å². The normalized spacial score (nSPS) is 10.8. The number of aromatic amines is 1. The van der Waals surface area contributed by atoms with E-state index in [0.717, 1.165) is 22.4 Å². The van der Waals surface area contributed by atoms with Crippen LogP contribution in [0.2, 0.25) is 5.02 Å². The third kappa shape index (κ3) is 3.25. The van der Waals surface area contributed by atoms with Gasteiger partial charge in [-0.05, 0) is 36.8 Å². The van der Waals surface area contributed by atoms with Crippen molar-refractivity contribution in [2.75, 3.05) is 0 Å². The molecule has 0 aliphatic heterocycles. The Kier molecular flexibility index (Phi) is 4.63. The van der Waals surface area contributed by atoms with Gasteiger partial charge in [-0.1, -0.05) is 35.9 Å². The molecule has 0 spiro atoms. The Morgan fingerprint density at radius 2 is 1.71 bits per heavy atom. The van der Waals surface area contributed by atoms with Gasteiger partial charge in [0.15, 0.2) is 0 Å². The molecule has 4 rings (SSSR count). The van der Waals surface area contributed by atoms with Crippen LogP contribution in [-0.4, -0.2) is 19.9 Å². The number of imidazole rings is 1. The van der Waals surface area contributed by atoms with Gasteiger partial charge in [0.2, 0.25) is 0 Å². The van der Waals surface area contributed by atoms with Crippen LogP contribution in [-0.2, 0) is 0 Å². The van der Waals surface area contributed by atoms with E-state index in [9.17, 15) is 10.1 Å². The molecule has 138 valence electrons. The zero-order valence-electron chi connectivity index (χ0n) is 14.9. The minimum atomic E-state index is -0.390. The van der Waals surface area contributed by atoms with Gasteiger partial charge in [0.25, 0.3) is 5.69 Å². The van der Waals surface area contributed by atoms with Crippen molar-refractivity contribution in [2.45, 2.75) is 6.92 Å². The summed E-state index contributed by atoms with van der Waals surface area (Å²) in [5.74, 6) is 0.446. The van der Waals surface area contributed by atoms with E-state index in [1.165, 1.54) is 6.07 Å². The number of aryl methyl sites for hydroxylation is 1. The minimum Gasteiger partial charge on any atom is -0.337 e. The van der Waals surface area contributed by atoms with E-state index in [4.69, 9.17) is 16.6 Å². The van der Waals surface area contributed by atoms with Gasteiger partial charge in [-0.2, -0.15) is 0 Å². The number of nitro benzene ring substituents is 1. The molecule has 0 aliphatic carbocycles. The molecule has 0 radical (unpaired) electrons. The van der Waals surface area contributed by atoms with E-state index in [-0.39, 0.29) is 10.6 Å². The first-order valence-electron chi connectivity index (χ1n) is 8.55. The summed E-state index contributed by atoms with van der Waals surface area (Å²) in [6.45, 7) is 1.83. The molecule has 0 saturated heterocycles. The fourth-order valence-electron chi connectivity index (χ4n) is 3.15. The maximum absolute atomic E-state index is 11.6. The Labute approximate surface area is 166 Å². The summed E-state index contributed by atoms with van der Waals surface area (Å²) in [7, 11) is 0. The van der Waals surface area contributed by atoms with Crippen LogP contribution in [0.3, 0.4) is 0 Å². The highest BCUT2D eigenvalue weighted by atomic mass is 35.5. The summed E-state index contributed by atoms with van der Waals surface area (Å²) in [6, 6.07) is 16.0. The molecule has 0 bridgehead atoms. The van der Waals surface area contributed by atoms with Crippen molar-refractivity contribution >= 4 is 17.3 Å². The smallest absolute Gasteiger partial charge is 0.280 e. The number of halogens is 1. The number of rotatable bonds is 4. The average molecular weight is 391 g/mol. The van der Waals surface area contributed by atoms with E-state index >= 15 is 0 Å². The number of hydrogen-bond acceptors (Lipinski definition) is 4. The minimum absolute atomic E-state index is 0.0117. The predicted molar refractivity (Wildman–Crippen MR) is 109 cm³/mol. The second-order valence-electron chi connectivity index (χ2n) is 6.28. The SMILES string of the molecule is Cc1cccc([N+](=O)[O-])c1-c1nc(-c2ccc(Cl)cc2)c(-c2ccncc2)[nH]1. The molecule has 4 aromatic rings. The third-order valence-electron chi connectivity index (χ3n) is 4.47. The zero-order chi connectivity index (χ0) is 19.7. The van der Waals surface area contributed by atoms with Gasteiger partial charge in [0, 0.05) is 34.6 Å². The van der Waals surface area contributed by atoms with Crippen LogP contribution in [0.1, 0.15) is 5.56 Å². The lowest BCUT2D eigenvalue weighted by molar-refractivity contribution is -0.384. The van der Waals surface area contributed by atoms with E-state index in [0.29, 0.717) is 22.1 Å². The molecule has 0 atom stereocenters. The lowest BCUT2D eigenvalue weighted by atomic mass is 10.1. The second-order valence-corrected chi connectivity index (χ2v) is 6.71. The second kappa shape index (κ2) is 7.25. The van der Waals surface area contributed by atoms with Crippen molar-refractivity contribution in [3.05, 3.63) is 87.7 Å². The molecule has 0 amide bonds. The molecular formula is C21H15ClN4O2. The molecule has 0 saturated carbocycles. The molecule has 6 nitrogen and oxygen atoms in total. The van der Waals surface area contributed by atoms with Crippen molar-refractivity contribution in [3.63, 3.8) is 0 Å². The highest BCUT2D eigenvalue weighted by molar-refractivity contribution is 6.30. The molecule has 0 fully saturated rings. The molecule has 2 aromatic heterocycles. The molecule has 28 heavy (non-hydrogen) atoms. The lowest BCUT2D eigenvalue weighted by Crippen LogP contribution is -1.95. The number of nitro groups is 1. The first kappa shape index (κ1) is 17.9. The Balaban J connectivity index is 1.97. The molecule has 0 unspecified atom stereocenters. The number of nitrogens with zero attached hydrogens (tertiary/aromatic N) is 3. The number of aromatic nitrogens is 3. The first-order chi connectivity index (χ1) is 13.5. The largest absolute Gasteiger partial charge is 0.337 e. The van der Waals surface area contributed by atoms with Crippen molar-refractivity contribution in [2.24, 2.45) is 0 Å². The average Bonchev–Trinajstić information content (AvgIpc) is 3.14. The number of nitrogens with one attached hydrogen (secondary N) is 1. The van der Waals surface area contributed by atoms with Gasteiger partial charge in [-0.25, -0.2) is 4.98 Å². The summed E-state index contributed by atoms with van der Waals surface area (Å²) in [5, 5.41) is 12.2. The fourth-order valence-corrected chi connectivity index (χ4v) is 3.27. The van der Waals surface area contributed by atoms with Gasteiger partial charge in [-0.3, -0.25) is 15.1 Å².